The number of hydrogen-bond donors (Lipinski definition) is 0. The van der Waals surface area contributed by atoms with E-state index in [1.54, 1.807) is 55.6 Å². The molecule has 5 nitrogen and oxygen atoms in total. The monoisotopic (exact) mass is 509 g/mol. The molecule has 0 aliphatic heterocycles. The van der Waals surface area contributed by atoms with Crippen molar-refractivity contribution in [1.29, 1.82) is 0 Å². The molecule has 5 aromatic rings. The van der Waals surface area contributed by atoms with Crippen molar-refractivity contribution in [2.24, 2.45) is 0 Å². The van der Waals surface area contributed by atoms with Gasteiger partial charge in [0.05, 0.1) is 23.2 Å². The fourth-order valence-electron chi connectivity index (χ4n) is 4.58. The fraction of sp³-hybridized carbons (Fsp3) is 0.129. The molecule has 0 atom stereocenters. The number of aromatic nitrogens is 1. The summed E-state index contributed by atoms with van der Waals surface area (Å²) in [4.78, 5) is 13.5. The molecule has 0 spiro atoms. The zero-order valence-corrected chi connectivity index (χ0v) is 21.7. The van der Waals surface area contributed by atoms with Crippen molar-refractivity contribution in [3.63, 3.8) is 0 Å². The van der Waals surface area contributed by atoms with Crippen molar-refractivity contribution >= 4 is 26.7 Å². The Morgan fingerprint density at radius 2 is 1.51 bits per heavy atom. The van der Waals surface area contributed by atoms with Crippen LogP contribution in [0.3, 0.4) is 0 Å². The van der Waals surface area contributed by atoms with E-state index in [-0.39, 0.29) is 17.1 Å². The molecule has 0 aliphatic rings. The molecule has 0 N–H and O–H groups in total. The van der Waals surface area contributed by atoms with Crippen LogP contribution in [0.1, 0.15) is 27.0 Å². The SMILES string of the molecule is COc1ccc(C(=O)Cc2c(C)ccc3c2cc(-c2ccccc2)n3S(=O)(=O)c2ccc(C)cc2)cc1. The van der Waals surface area contributed by atoms with Gasteiger partial charge in [-0.05, 0) is 79.1 Å². The van der Waals surface area contributed by atoms with Crippen molar-refractivity contribution in [2.45, 2.75) is 25.2 Å². The molecule has 0 unspecified atom stereocenters. The Bertz CT molecular complexity index is 1700. The van der Waals surface area contributed by atoms with E-state index < -0.39 is 10.0 Å². The van der Waals surface area contributed by atoms with Crippen LogP contribution in [0.2, 0.25) is 0 Å². The molecule has 186 valence electrons. The normalized spacial score (nSPS) is 11.5. The molecule has 4 aromatic carbocycles. The highest BCUT2D eigenvalue weighted by Crippen LogP contribution is 2.35. The van der Waals surface area contributed by atoms with E-state index in [0.717, 1.165) is 27.6 Å². The van der Waals surface area contributed by atoms with Crippen LogP contribution in [-0.2, 0) is 16.4 Å². The molecular weight excluding hydrogens is 482 g/mol. The number of aryl methyl sites for hydroxylation is 2. The Kier molecular flexibility index (Phi) is 6.44. The summed E-state index contributed by atoms with van der Waals surface area (Å²) in [6, 6.07) is 28.9. The Hall–Kier alpha value is -4.16. The highest BCUT2D eigenvalue weighted by Gasteiger charge is 2.26. The third kappa shape index (κ3) is 4.56. The number of methoxy groups -OCH3 is 1. The number of ether oxygens (including phenoxy) is 1. The molecule has 1 heterocycles. The van der Waals surface area contributed by atoms with Gasteiger partial charge in [0.1, 0.15) is 5.75 Å². The van der Waals surface area contributed by atoms with Gasteiger partial charge >= 0.3 is 0 Å². The minimum absolute atomic E-state index is 0.0475. The van der Waals surface area contributed by atoms with Gasteiger partial charge in [0.25, 0.3) is 10.0 Å². The van der Waals surface area contributed by atoms with E-state index in [1.165, 1.54) is 3.97 Å². The van der Waals surface area contributed by atoms with Crippen LogP contribution in [-0.4, -0.2) is 25.3 Å². The lowest BCUT2D eigenvalue weighted by molar-refractivity contribution is 0.0993. The molecule has 1 aromatic heterocycles. The van der Waals surface area contributed by atoms with Crippen molar-refractivity contribution in [1.82, 2.24) is 3.97 Å². The van der Waals surface area contributed by atoms with Crippen LogP contribution in [0, 0.1) is 13.8 Å². The topological polar surface area (TPSA) is 65.4 Å². The van der Waals surface area contributed by atoms with Crippen LogP contribution in [0.15, 0.2) is 102 Å². The number of nitrogens with zero attached hydrogens (tertiary/aromatic N) is 1. The van der Waals surface area contributed by atoms with E-state index in [1.807, 2.05) is 62.4 Å². The van der Waals surface area contributed by atoms with E-state index in [2.05, 4.69) is 0 Å². The Morgan fingerprint density at radius 3 is 2.16 bits per heavy atom. The largest absolute Gasteiger partial charge is 0.497 e. The van der Waals surface area contributed by atoms with Gasteiger partial charge in [-0.15, -0.1) is 0 Å². The summed E-state index contributed by atoms with van der Waals surface area (Å²) < 4.78 is 34.6. The second-order valence-electron chi connectivity index (χ2n) is 9.10. The van der Waals surface area contributed by atoms with Gasteiger partial charge in [-0.2, -0.15) is 0 Å². The lowest BCUT2D eigenvalue weighted by Gasteiger charge is -2.13. The number of Topliss-reactive ketones (excluding diaryl/α,β-unsaturated/α-hetero) is 1. The molecule has 0 bridgehead atoms. The number of ketones is 1. The maximum Gasteiger partial charge on any atom is 0.268 e. The molecular formula is C31H27NO4S. The van der Waals surface area contributed by atoms with E-state index in [0.29, 0.717) is 22.5 Å². The van der Waals surface area contributed by atoms with Gasteiger partial charge < -0.3 is 4.74 Å². The highest BCUT2D eigenvalue weighted by atomic mass is 32.2. The third-order valence-electron chi connectivity index (χ3n) is 6.67. The van der Waals surface area contributed by atoms with Gasteiger partial charge in [0.15, 0.2) is 5.78 Å². The first-order valence-electron chi connectivity index (χ1n) is 12.0. The van der Waals surface area contributed by atoms with E-state index in [9.17, 15) is 13.2 Å². The number of carbonyl (C=O) groups excluding carboxylic acids is 1. The smallest absolute Gasteiger partial charge is 0.268 e. The van der Waals surface area contributed by atoms with Crippen LogP contribution in [0.4, 0.5) is 0 Å². The predicted octanol–water partition coefficient (Wildman–Crippen LogP) is 6.60. The summed E-state index contributed by atoms with van der Waals surface area (Å²) in [5.41, 5.74) is 5.18. The average molecular weight is 510 g/mol. The molecule has 0 saturated carbocycles. The van der Waals surface area contributed by atoms with Crippen LogP contribution >= 0.6 is 0 Å². The molecule has 6 heteroatoms. The predicted molar refractivity (Wildman–Crippen MR) is 147 cm³/mol. The summed E-state index contributed by atoms with van der Waals surface area (Å²) in [6.07, 6.45) is 0.151. The zero-order valence-electron chi connectivity index (χ0n) is 20.9. The summed E-state index contributed by atoms with van der Waals surface area (Å²) in [5.74, 6) is 0.634. The van der Waals surface area contributed by atoms with E-state index in [4.69, 9.17) is 4.74 Å². The Labute approximate surface area is 217 Å². The summed E-state index contributed by atoms with van der Waals surface area (Å²) in [6.45, 7) is 3.87. The molecule has 5 rings (SSSR count). The molecule has 0 fully saturated rings. The Morgan fingerprint density at radius 1 is 0.838 bits per heavy atom. The molecule has 0 radical (unpaired) electrons. The van der Waals surface area contributed by atoms with Crippen LogP contribution in [0.5, 0.6) is 5.75 Å². The molecule has 0 aliphatic carbocycles. The number of fused-ring (bicyclic) bond motifs is 1. The average Bonchev–Trinajstić information content (AvgIpc) is 3.32. The van der Waals surface area contributed by atoms with Gasteiger partial charge in [-0.3, -0.25) is 4.79 Å². The standard InChI is InChI=1S/C31H27NO4S/c1-21-9-16-26(17-10-21)37(34,35)32-29-18-11-22(2)27(20-31(33)24-12-14-25(36-3)15-13-24)28(29)19-30(32)23-7-5-4-6-8-23/h4-19H,20H2,1-3H3. The second kappa shape index (κ2) is 9.71. The zero-order chi connectivity index (χ0) is 26.2. The van der Waals surface area contributed by atoms with Crippen LogP contribution in [0.25, 0.3) is 22.2 Å². The lowest BCUT2D eigenvalue weighted by Crippen LogP contribution is -2.14. The summed E-state index contributed by atoms with van der Waals surface area (Å²) >= 11 is 0. The summed E-state index contributed by atoms with van der Waals surface area (Å²) in [7, 11) is -2.33. The van der Waals surface area contributed by atoms with Gasteiger partial charge in [-0.25, -0.2) is 12.4 Å². The van der Waals surface area contributed by atoms with Crippen LogP contribution < -0.4 is 4.74 Å². The molecule has 0 saturated heterocycles. The molecule has 37 heavy (non-hydrogen) atoms. The molecule has 0 amide bonds. The lowest BCUT2D eigenvalue weighted by atomic mass is 9.96. The first kappa shape index (κ1) is 24.5. The minimum Gasteiger partial charge on any atom is -0.497 e. The number of rotatable bonds is 7. The minimum atomic E-state index is -3.92. The van der Waals surface area contributed by atoms with Gasteiger partial charge in [-0.1, -0.05) is 54.1 Å². The number of hydrogen-bond acceptors (Lipinski definition) is 4. The number of benzene rings is 4. The Balaban J connectivity index is 1.70. The van der Waals surface area contributed by atoms with Gasteiger partial charge in [0.2, 0.25) is 0 Å². The third-order valence-corrected chi connectivity index (χ3v) is 8.41. The van der Waals surface area contributed by atoms with Crippen molar-refractivity contribution in [3.8, 4) is 17.0 Å². The maximum atomic E-state index is 14.0. The fourth-order valence-corrected chi connectivity index (χ4v) is 6.11. The number of carbonyl (C=O) groups is 1. The second-order valence-corrected chi connectivity index (χ2v) is 10.9. The van der Waals surface area contributed by atoms with Crippen molar-refractivity contribution in [2.75, 3.05) is 7.11 Å². The highest BCUT2D eigenvalue weighted by molar-refractivity contribution is 7.90. The van der Waals surface area contributed by atoms with E-state index >= 15 is 0 Å². The summed E-state index contributed by atoms with van der Waals surface area (Å²) in [5, 5.41) is 0.747. The maximum absolute atomic E-state index is 14.0. The first-order chi connectivity index (χ1) is 17.8. The first-order valence-corrected chi connectivity index (χ1v) is 13.4. The van der Waals surface area contributed by atoms with Crippen molar-refractivity contribution < 1.29 is 17.9 Å². The quantitative estimate of drug-likeness (QED) is 0.232. The van der Waals surface area contributed by atoms with Gasteiger partial charge in [0, 0.05) is 17.4 Å². The van der Waals surface area contributed by atoms with Crippen molar-refractivity contribution in [3.05, 3.63) is 119 Å².